The van der Waals surface area contributed by atoms with E-state index in [1.807, 2.05) is 79.7 Å². The highest BCUT2D eigenvalue weighted by molar-refractivity contribution is 5.85. The largest absolute Gasteiger partial charge is 0.206 e. The topological polar surface area (TPSA) is 0 Å². The Balaban J connectivity index is 1.49. The fourth-order valence-electron chi connectivity index (χ4n) is 3.58. The Labute approximate surface area is 195 Å². The number of aryl methyl sites for hydroxylation is 2. The van der Waals surface area contributed by atoms with E-state index in [2.05, 4.69) is 48.8 Å². The zero-order valence-corrected chi connectivity index (χ0v) is 19.0. The maximum atomic E-state index is 14.8. The molecular formula is C32H25F. The van der Waals surface area contributed by atoms with Gasteiger partial charge in [0.25, 0.3) is 0 Å². The summed E-state index contributed by atoms with van der Waals surface area (Å²) in [7, 11) is 0. The van der Waals surface area contributed by atoms with Gasteiger partial charge in [-0.15, -0.1) is 0 Å². The van der Waals surface area contributed by atoms with E-state index in [0.29, 0.717) is 11.8 Å². The van der Waals surface area contributed by atoms with E-state index in [9.17, 15) is 4.39 Å². The van der Waals surface area contributed by atoms with Crippen LogP contribution in [0.25, 0.3) is 10.8 Å². The van der Waals surface area contributed by atoms with Crippen molar-refractivity contribution in [3.63, 3.8) is 0 Å². The molecule has 0 aliphatic carbocycles. The number of hydrogen-bond donors (Lipinski definition) is 0. The molecule has 0 saturated carbocycles. The maximum absolute atomic E-state index is 14.8. The minimum Gasteiger partial charge on any atom is -0.206 e. The summed E-state index contributed by atoms with van der Waals surface area (Å²) in [6, 6.07) is 25.6. The van der Waals surface area contributed by atoms with Crippen LogP contribution in [0.5, 0.6) is 0 Å². The highest BCUT2D eigenvalue weighted by Crippen LogP contribution is 2.23. The Bertz CT molecular complexity index is 1410. The van der Waals surface area contributed by atoms with Crippen LogP contribution in [0.3, 0.4) is 0 Å². The number of hydrogen-bond acceptors (Lipinski definition) is 0. The van der Waals surface area contributed by atoms with Gasteiger partial charge in [-0.2, -0.15) is 0 Å². The molecule has 0 bridgehead atoms. The van der Waals surface area contributed by atoms with Gasteiger partial charge in [0.05, 0.1) is 0 Å². The van der Waals surface area contributed by atoms with Crippen molar-refractivity contribution in [1.29, 1.82) is 0 Å². The number of fused-ring (bicyclic) bond motifs is 1. The van der Waals surface area contributed by atoms with Crippen molar-refractivity contribution in [2.75, 3.05) is 0 Å². The smallest absolute Gasteiger partial charge is 0.134 e. The van der Waals surface area contributed by atoms with Gasteiger partial charge >= 0.3 is 0 Å². The molecule has 4 rings (SSSR count). The molecule has 0 aromatic heterocycles. The van der Waals surface area contributed by atoms with Crippen molar-refractivity contribution in [2.45, 2.75) is 26.7 Å². The van der Waals surface area contributed by atoms with Gasteiger partial charge in [-0.25, -0.2) is 4.39 Å². The molecular weight excluding hydrogens is 403 g/mol. The third kappa shape index (κ3) is 5.79. The summed E-state index contributed by atoms with van der Waals surface area (Å²) >= 11 is 0. The van der Waals surface area contributed by atoms with Crippen LogP contribution in [0.2, 0.25) is 0 Å². The zero-order chi connectivity index (χ0) is 23.0. The minimum absolute atomic E-state index is 0.126. The van der Waals surface area contributed by atoms with Crippen molar-refractivity contribution < 1.29 is 4.39 Å². The summed E-state index contributed by atoms with van der Waals surface area (Å²) < 4.78 is 14.8. The summed E-state index contributed by atoms with van der Waals surface area (Å²) in [5.41, 5.74) is 5.72. The predicted octanol–water partition coefficient (Wildman–Crippen LogP) is 7.60. The Kier molecular flexibility index (Phi) is 7.04. The SMILES string of the molecule is C/C=C/CCc1ccc2cc(C#Cc3ccc(C#Cc4ccc(C)cc4)cc3)ccc2c1F. The number of halogens is 1. The first-order valence-electron chi connectivity index (χ1n) is 11.2. The fourth-order valence-corrected chi connectivity index (χ4v) is 3.58. The molecule has 0 aliphatic rings. The van der Waals surface area contributed by atoms with Gasteiger partial charge < -0.3 is 0 Å². The molecule has 0 radical (unpaired) electrons. The monoisotopic (exact) mass is 428 g/mol. The van der Waals surface area contributed by atoms with Crippen LogP contribution in [0.4, 0.5) is 4.39 Å². The lowest BCUT2D eigenvalue weighted by Gasteiger charge is -2.06. The lowest BCUT2D eigenvalue weighted by Crippen LogP contribution is -1.92. The van der Waals surface area contributed by atoms with E-state index in [4.69, 9.17) is 0 Å². The lowest BCUT2D eigenvalue weighted by molar-refractivity contribution is 0.621. The average Bonchev–Trinajstić information content (AvgIpc) is 2.84. The van der Waals surface area contributed by atoms with E-state index in [-0.39, 0.29) is 5.82 Å². The summed E-state index contributed by atoms with van der Waals surface area (Å²) in [6.45, 7) is 4.05. The Morgan fingerprint density at radius 1 is 0.697 bits per heavy atom. The molecule has 4 aromatic rings. The van der Waals surface area contributed by atoms with Gasteiger partial charge in [-0.05, 0) is 86.2 Å². The normalized spacial score (nSPS) is 10.5. The first-order chi connectivity index (χ1) is 16.1. The van der Waals surface area contributed by atoms with Crippen LogP contribution in [-0.4, -0.2) is 0 Å². The van der Waals surface area contributed by atoms with Crippen molar-refractivity contribution in [2.24, 2.45) is 0 Å². The van der Waals surface area contributed by atoms with Crippen LogP contribution < -0.4 is 0 Å². The van der Waals surface area contributed by atoms with Crippen molar-refractivity contribution in [1.82, 2.24) is 0 Å². The fraction of sp³-hybridized carbons (Fsp3) is 0.125. The van der Waals surface area contributed by atoms with Crippen LogP contribution in [-0.2, 0) is 6.42 Å². The third-order valence-corrected chi connectivity index (χ3v) is 5.49. The van der Waals surface area contributed by atoms with Gasteiger partial charge in [0.15, 0.2) is 0 Å². The molecule has 0 saturated heterocycles. The van der Waals surface area contributed by atoms with Crippen molar-refractivity contribution >= 4 is 10.8 Å². The van der Waals surface area contributed by atoms with Crippen molar-refractivity contribution in [3.05, 3.63) is 130 Å². The predicted molar refractivity (Wildman–Crippen MR) is 137 cm³/mol. The standard InChI is InChI=1S/C32H25F/c1-3-4-5-6-29-20-21-30-23-28(19-22-31(30)32(29)33)18-17-27-15-13-26(14-16-27)12-11-25-9-7-24(2)8-10-25/h3-4,7-10,13-16,19-23H,5-6H2,1-2H3/b4-3+. The quantitative estimate of drug-likeness (QED) is 0.233. The second-order valence-corrected chi connectivity index (χ2v) is 8.03. The molecule has 1 heteroatoms. The van der Waals surface area contributed by atoms with E-state index in [1.54, 1.807) is 0 Å². The Morgan fingerprint density at radius 3 is 1.85 bits per heavy atom. The number of allylic oxidation sites excluding steroid dienone is 2. The van der Waals surface area contributed by atoms with Crippen LogP contribution in [0.1, 0.15) is 46.7 Å². The summed E-state index contributed by atoms with van der Waals surface area (Å²) in [5.74, 6) is 12.6. The molecule has 33 heavy (non-hydrogen) atoms. The molecule has 0 aliphatic heterocycles. The third-order valence-electron chi connectivity index (χ3n) is 5.49. The van der Waals surface area contributed by atoms with E-state index < -0.39 is 0 Å². The minimum atomic E-state index is -0.126. The van der Waals surface area contributed by atoms with Crippen LogP contribution in [0.15, 0.2) is 91.0 Å². The highest BCUT2D eigenvalue weighted by atomic mass is 19.1. The van der Waals surface area contributed by atoms with E-state index in [0.717, 1.165) is 39.6 Å². The second-order valence-electron chi connectivity index (χ2n) is 8.03. The molecule has 0 amide bonds. The molecule has 0 heterocycles. The number of benzene rings is 4. The first-order valence-corrected chi connectivity index (χ1v) is 11.2. The van der Waals surface area contributed by atoms with E-state index >= 15 is 0 Å². The lowest BCUT2D eigenvalue weighted by atomic mass is 10.0. The van der Waals surface area contributed by atoms with Gasteiger partial charge in [-0.1, -0.05) is 71.7 Å². The molecule has 160 valence electrons. The molecule has 0 unspecified atom stereocenters. The summed E-state index contributed by atoms with van der Waals surface area (Å²) in [4.78, 5) is 0. The second kappa shape index (κ2) is 10.5. The Morgan fingerprint density at radius 2 is 1.24 bits per heavy atom. The van der Waals surface area contributed by atoms with Gasteiger partial charge in [-0.3, -0.25) is 0 Å². The van der Waals surface area contributed by atoms with Crippen molar-refractivity contribution in [3.8, 4) is 23.7 Å². The molecule has 0 fully saturated rings. The molecule has 0 nitrogen and oxygen atoms in total. The first kappa shape index (κ1) is 22.1. The van der Waals surface area contributed by atoms with Gasteiger partial charge in [0.2, 0.25) is 0 Å². The summed E-state index contributed by atoms with van der Waals surface area (Å²) in [6.07, 6.45) is 5.61. The average molecular weight is 429 g/mol. The molecule has 0 atom stereocenters. The molecule has 4 aromatic carbocycles. The van der Waals surface area contributed by atoms with Gasteiger partial charge in [0.1, 0.15) is 5.82 Å². The molecule has 0 spiro atoms. The molecule has 0 N–H and O–H groups in total. The van der Waals surface area contributed by atoms with Crippen LogP contribution in [0, 0.1) is 36.4 Å². The summed E-state index contributed by atoms with van der Waals surface area (Å²) in [5, 5.41) is 1.52. The Hall–Kier alpha value is -4.07. The number of rotatable bonds is 3. The zero-order valence-electron chi connectivity index (χ0n) is 19.0. The van der Waals surface area contributed by atoms with E-state index in [1.165, 1.54) is 5.56 Å². The highest BCUT2D eigenvalue weighted by Gasteiger charge is 2.07. The maximum Gasteiger partial charge on any atom is 0.134 e. The van der Waals surface area contributed by atoms with Crippen LogP contribution >= 0.6 is 0 Å². The van der Waals surface area contributed by atoms with Gasteiger partial charge in [0, 0.05) is 27.6 Å².